The maximum Gasteiger partial charge on any atom is 0.247 e. The standard InChI is InChI=1S/C27H30N2O2/c1-27(2,3)26(31)29-24(19-21-14-8-5-9-15-21)25(30)28-23-17-11-10-16-22(23)18-20-12-6-4-7-13-20/h4-17,24H,18-19H2,1-3H3,(H,28,30)(H,29,31). The Hall–Kier alpha value is -3.40. The van der Waals surface area contributed by atoms with Gasteiger partial charge in [0.05, 0.1) is 0 Å². The molecule has 0 saturated carbocycles. The smallest absolute Gasteiger partial charge is 0.247 e. The third kappa shape index (κ3) is 6.54. The van der Waals surface area contributed by atoms with E-state index in [-0.39, 0.29) is 11.8 Å². The molecule has 160 valence electrons. The van der Waals surface area contributed by atoms with Crippen molar-refractivity contribution in [3.05, 3.63) is 102 Å². The van der Waals surface area contributed by atoms with Crippen LogP contribution in [0.1, 0.15) is 37.5 Å². The van der Waals surface area contributed by atoms with E-state index in [0.29, 0.717) is 6.42 Å². The van der Waals surface area contributed by atoms with Crippen LogP contribution in [0.15, 0.2) is 84.9 Å². The molecule has 0 radical (unpaired) electrons. The minimum Gasteiger partial charge on any atom is -0.344 e. The zero-order valence-corrected chi connectivity index (χ0v) is 18.4. The second-order valence-electron chi connectivity index (χ2n) is 8.77. The minimum absolute atomic E-state index is 0.152. The number of rotatable bonds is 7. The van der Waals surface area contributed by atoms with Crippen molar-refractivity contribution in [3.63, 3.8) is 0 Å². The van der Waals surface area contributed by atoms with Gasteiger partial charge in [-0.15, -0.1) is 0 Å². The van der Waals surface area contributed by atoms with Crippen molar-refractivity contribution < 1.29 is 9.59 Å². The van der Waals surface area contributed by atoms with Gasteiger partial charge < -0.3 is 10.6 Å². The Balaban J connectivity index is 1.80. The predicted molar refractivity (Wildman–Crippen MR) is 126 cm³/mol. The molecule has 0 aliphatic rings. The number of anilines is 1. The SMILES string of the molecule is CC(C)(C)C(=O)NC(Cc1ccccc1)C(=O)Nc1ccccc1Cc1ccccc1. The molecule has 2 N–H and O–H groups in total. The van der Waals surface area contributed by atoms with Gasteiger partial charge in [-0.05, 0) is 29.2 Å². The van der Waals surface area contributed by atoms with E-state index in [1.807, 2.05) is 93.6 Å². The van der Waals surface area contributed by atoms with E-state index < -0.39 is 11.5 Å². The molecule has 1 unspecified atom stereocenters. The van der Waals surface area contributed by atoms with Crippen LogP contribution < -0.4 is 10.6 Å². The van der Waals surface area contributed by atoms with Crippen molar-refractivity contribution >= 4 is 17.5 Å². The van der Waals surface area contributed by atoms with Crippen LogP contribution in [-0.2, 0) is 22.4 Å². The largest absolute Gasteiger partial charge is 0.344 e. The van der Waals surface area contributed by atoms with Crippen molar-refractivity contribution in [3.8, 4) is 0 Å². The van der Waals surface area contributed by atoms with E-state index >= 15 is 0 Å². The van der Waals surface area contributed by atoms with E-state index in [4.69, 9.17) is 0 Å². The van der Waals surface area contributed by atoms with E-state index in [0.717, 1.165) is 23.2 Å². The van der Waals surface area contributed by atoms with Crippen LogP contribution in [0.3, 0.4) is 0 Å². The van der Waals surface area contributed by atoms with Crippen molar-refractivity contribution in [1.29, 1.82) is 0 Å². The third-order valence-corrected chi connectivity index (χ3v) is 5.10. The zero-order chi connectivity index (χ0) is 22.3. The maximum atomic E-state index is 13.3. The number of benzene rings is 3. The summed E-state index contributed by atoms with van der Waals surface area (Å²) < 4.78 is 0. The summed E-state index contributed by atoms with van der Waals surface area (Å²) in [6.07, 6.45) is 1.14. The number of carbonyl (C=O) groups is 2. The van der Waals surface area contributed by atoms with Crippen molar-refractivity contribution in [2.75, 3.05) is 5.32 Å². The van der Waals surface area contributed by atoms with Crippen molar-refractivity contribution in [1.82, 2.24) is 5.32 Å². The Morgan fingerprint density at radius 2 is 1.32 bits per heavy atom. The lowest BCUT2D eigenvalue weighted by atomic mass is 9.94. The monoisotopic (exact) mass is 414 g/mol. The summed E-state index contributed by atoms with van der Waals surface area (Å²) in [5.41, 5.74) is 3.38. The molecule has 0 aliphatic heterocycles. The van der Waals surface area contributed by atoms with Crippen LogP contribution in [0.25, 0.3) is 0 Å². The number of amides is 2. The number of nitrogens with one attached hydrogen (secondary N) is 2. The fourth-order valence-corrected chi connectivity index (χ4v) is 3.27. The molecule has 4 heteroatoms. The summed E-state index contributed by atoms with van der Waals surface area (Å²) in [6, 6.07) is 27.0. The van der Waals surface area contributed by atoms with Gasteiger partial charge in [0.2, 0.25) is 11.8 Å². The first-order valence-electron chi connectivity index (χ1n) is 10.6. The van der Waals surface area contributed by atoms with E-state index in [1.54, 1.807) is 0 Å². The van der Waals surface area contributed by atoms with Gasteiger partial charge in [0.1, 0.15) is 6.04 Å². The Morgan fingerprint density at radius 3 is 1.94 bits per heavy atom. The zero-order valence-electron chi connectivity index (χ0n) is 18.4. The number of carbonyl (C=O) groups excluding carboxylic acids is 2. The second kappa shape index (κ2) is 10.1. The molecular weight excluding hydrogens is 384 g/mol. The summed E-state index contributed by atoms with van der Waals surface area (Å²) in [4.78, 5) is 25.9. The first-order chi connectivity index (χ1) is 14.8. The molecular formula is C27H30N2O2. The normalized spacial score (nSPS) is 12.1. The van der Waals surface area contributed by atoms with Gasteiger partial charge in [0, 0.05) is 17.5 Å². The Kier molecular flexibility index (Phi) is 7.24. The van der Waals surface area contributed by atoms with Gasteiger partial charge in [-0.3, -0.25) is 9.59 Å². The van der Waals surface area contributed by atoms with Crippen LogP contribution in [0.4, 0.5) is 5.69 Å². The highest BCUT2D eigenvalue weighted by Crippen LogP contribution is 2.20. The van der Waals surface area contributed by atoms with Crippen molar-refractivity contribution in [2.45, 2.75) is 39.7 Å². The average molecular weight is 415 g/mol. The van der Waals surface area contributed by atoms with Crippen LogP contribution >= 0.6 is 0 Å². The van der Waals surface area contributed by atoms with Crippen LogP contribution in [0.2, 0.25) is 0 Å². The topological polar surface area (TPSA) is 58.2 Å². The highest BCUT2D eigenvalue weighted by molar-refractivity contribution is 5.98. The molecule has 31 heavy (non-hydrogen) atoms. The lowest BCUT2D eigenvalue weighted by Crippen LogP contribution is -2.49. The van der Waals surface area contributed by atoms with Gasteiger partial charge in [-0.25, -0.2) is 0 Å². The number of hydrogen-bond acceptors (Lipinski definition) is 2. The molecule has 0 fully saturated rings. The molecule has 2 amide bonds. The first-order valence-corrected chi connectivity index (χ1v) is 10.6. The predicted octanol–water partition coefficient (Wildman–Crippen LogP) is 4.99. The average Bonchev–Trinajstić information content (AvgIpc) is 2.75. The molecule has 0 bridgehead atoms. The quantitative estimate of drug-likeness (QED) is 0.572. The van der Waals surface area contributed by atoms with Gasteiger partial charge in [0.25, 0.3) is 0 Å². The molecule has 3 aromatic carbocycles. The Labute approximate surface area is 184 Å². The molecule has 1 atom stereocenters. The number of para-hydroxylation sites is 1. The summed E-state index contributed by atoms with van der Waals surface area (Å²) in [7, 11) is 0. The Bertz CT molecular complexity index is 1010. The molecule has 4 nitrogen and oxygen atoms in total. The molecule has 0 saturated heterocycles. The first kappa shape index (κ1) is 22.3. The van der Waals surface area contributed by atoms with Gasteiger partial charge in [-0.1, -0.05) is 99.6 Å². The van der Waals surface area contributed by atoms with Crippen LogP contribution in [0.5, 0.6) is 0 Å². The van der Waals surface area contributed by atoms with Crippen molar-refractivity contribution in [2.24, 2.45) is 5.41 Å². The van der Waals surface area contributed by atoms with Crippen LogP contribution in [0, 0.1) is 5.41 Å². The number of hydrogen-bond donors (Lipinski definition) is 2. The maximum absolute atomic E-state index is 13.3. The van der Waals surface area contributed by atoms with E-state index in [1.165, 1.54) is 5.56 Å². The van der Waals surface area contributed by atoms with Gasteiger partial charge in [0.15, 0.2) is 0 Å². The lowest BCUT2D eigenvalue weighted by molar-refractivity contribution is -0.132. The molecule has 0 spiro atoms. The minimum atomic E-state index is -0.668. The Morgan fingerprint density at radius 1 is 0.774 bits per heavy atom. The fourth-order valence-electron chi connectivity index (χ4n) is 3.27. The van der Waals surface area contributed by atoms with Gasteiger partial charge >= 0.3 is 0 Å². The van der Waals surface area contributed by atoms with Crippen LogP contribution in [-0.4, -0.2) is 17.9 Å². The highest BCUT2D eigenvalue weighted by atomic mass is 16.2. The highest BCUT2D eigenvalue weighted by Gasteiger charge is 2.28. The van der Waals surface area contributed by atoms with E-state index in [9.17, 15) is 9.59 Å². The molecule has 0 aliphatic carbocycles. The summed E-state index contributed by atoms with van der Waals surface area (Å²) in [6.45, 7) is 5.53. The fraction of sp³-hybridized carbons (Fsp3) is 0.259. The third-order valence-electron chi connectivity index (χ3n) is 5.10. The van der Waals surface area contributed by atoms with Gasteiger partial charge in [-0.2, -0.15) is 0 Å². The van der Waals surface area contributed by atoms with E-state index in [2.05, 4.69) is 22.8 Å². The summed E-state index contributed by atoms with van der Waals surface area (Å²) in [5, 5.41) is 6.00. The molecule has 3 aromatic rings. The molecule has 0 heterocycles. The lowest BCUT2D eigenvalue weighted by Gasteiger charge is -2.24. The summed E-state index contributed by atoms with van der Waals surface area (Å²) in [5.74, 6) is -0.372. The molecule has 0 aromatic heterocycles. The summed E-state index contributed by atoms with van der Waals surface area (Å²) >= 11 is 0. The molecule has 3 rings (SSSR count). The second-order valence-corrected chi connectivity index (χ2v) is 8.77.